The second-order valence-corrected chi connectivity index (χ2v) is 9.96. The van der Waals surface area contributed by atoms with Crippen LogP contribution in [0.1, 0.15) is 81.4 Å². The standard InChI is InChI=1S/C32H37F3O2/c1-3-5-6-7-22-8-10-24(11-9-22)28-18-14-26(31(34)32(28)35)21-37-27-16-12-23(13-17-27)25-15-19-30(36-4-2)29(33)20-25/h8-11,14-15,18-20,23,27H,3-7,12-13,16-17,21H2,1-2H3. The maximum Gasteiger partial charge on any atom is 0.167 e. The fraction of sp³-hybridized carbons (Fsp3) is 0.438. The molecule has 1 fully saturated rings. The normalized spacial score (nSPS) is 17.6. The van der Waals surface area contributed by atoms with Gasteiger partial charge in [-0.1, -0.05) is 62.2 Å². The summed E-state index contributed by atoms with van der Waals surface area (Å²) >= 11 is 0. The monoisotopic (exact) mass is 510 g/mol. The van der Waals surface area contributed by atoms with E-state index in [2.05, 4.69) is 6.92 Å². The number of benzene rings is 3. The molecule has 0 aromatic heterocycles. The highest BCUT2D eigenvalue weighted by atomic mass is 19.2. The van der Waals surface area contributed by atoms with Gasteiger partial charge in [0.05, 0.1) is 19.3 Å². The van der Waals surface area contributed by atoms with Gasteiger partial charge in [0.1, 0.15) is 0 Å². The summed E-state index contributed by atoms with van der Waals surface area (Å²) < 4.78 is 55.3. The van der Waals surface area contributed by atoms with Crippen LogP contribution in [0.25, 0.3) is 11.1 Å². The smallest absolute Gasteiger partial charge is 0.167 e. The Bertz CT molecular complexity index is 1150. The lowest BCUT2D eigenvalue weighted by Crippen LogP contribution is -2.21. The largest absolute Gasteiger partial charge is 0.491 e. The van der Waals surface area contributed by atoms with Gasteiger partial charge in [-0.25, -0.2) is 13.2 Å². The molecule has 1 saturated carbocycles. The molecule has 37 heavy (non-hydrogen) atoms. The summed E-state index contributed by atoms with van der Waals surface area (Å²) in [7, 11) is 0. The first-order chi connectivity index (χ1) is 18.0. The van der Waals surface area contributed by atoms with Crippen LogP contribution in [-0.4, -0.2) is 12.7 Å². The van der Waals surface area contributed by atoms with Crippen molar-refractivity contribution in [1.82, 2.24) is 0 Å². The van der Waals surface area contributed by atoms with Crippen LogP contribution >= 0.6 is 0 Å². The van der Waals surface area contributed by atoms with Gasteiger partial charge in [0.25, 0.3) is 0 Å². The fourth-order valence-corrected chi connectivity index (χ4v) is 5.17. The summed E-state index contributed by atoms with van der Waals surface area (Å²) in [6.07, 6.45) is 7.80. The van der Waals surface area contributed by atoms with Crippen LogP contribution in [0, 0.1) is 17.5 Å². The van der Waals surface area contributed by atoms with Crippen LogP contribution in [0.2, 0.25) is 0 Å². The third-order valence-corrected chi connectivity index (χ3v) is 7.37. The molecule has 0 unspecified atom stereocenters. The van der Waals surface area contributed by atoms with Crippen molar-refractivity contribution in [3.63, 3.8) is 0 Å². The first-order valence-electron chi connectivity index (χ1n) is 13.6. The molecule has 3 aromatic rings. The average Bonchev–Trinajstić information content (AvgIpc) is 2.92. The molecule has 4 rings (SSSR count). The molecular formula is C32H37F3O2. The van der Waals surface area contributed by atoms with E-state index >= 15 is 0 Å². The Kier molecular flexibility index (Phi) is 9.68. The van der Waals surface area contributed by atoms with Crippen LogP contribution < -0.4 is 4.74 Å². The first-order valence-corrected chi connectivity index (χ1v) is 13.6. The summed E-state index contributed by atoms with van der Waals surface area (Å²) in [5, 5.41) is 0. The lowest BCUT2D eigenvalue weighted by molar-refractivity contribution is 0.0119. The maximum atomic E-state index is 14.9. The third kappa shape index (κ3) is 6.95. The van der Waals surface area contributed by atoms with Gasteiger partial charge >= 0.3 is 0 Å². The molecule has 0 amide bonds. The Hall–Kier alpha value is -2.79. The molecule has 1 aliphatic rings. The predicted octanol–water partition coefficient (Wildman–Crippen LogP) is 9.15. The molecule has 0 spiro atoms. The molecule has 0 aliphatic heterocycles. The number of ether oxygens (including phenoxy) is 2. The topological polar surface area (TPSA) is 18.5 Å². The Balaban J connectivity index is 1.31. The van der Waals surface area contributed by atoms with Crippen LogP contribution in [0.4, 0.5) is 13.2 Å². The quantitative estimate of drug-likeness (QED) is 0.239. The number of halogens is 3. The fourth-order valence-electron chi connectivity index (χ4n) is 5.17. The molecule has 1 aliphatic carbocycles. The zero-order valence-corrected chi connectivity index (χ0v) is 21.9. The van der Waals surface area contributed by atoms with E-state index in [4.69, 9.17) is 9.47 Å². The lowest BCUT2D eigenvalue weighted by Gasteiger charge is -2.29. The minimum Gasteiger partial charge on any atom is -0.491 e. The number of aryl methyl sites for hydroxylation is 1. The van der Waals surface area contributed by atoms with Crippen molar-refractivity contribution in [2.75, 3.05) is 6.61 Å². The van der Waals surface area contributed by atoms with E-state index in [0.717, 1.165) is 44.1 Å². The van der Waals surface area contributed by atoms with E-state index in [0.29, 0.717) is 12.2 Å². The number of rotatable bonds is 11. The van der Waals surface area contributed by atoms with E-state index in [1.807, 2.05) is 37.3 Å². The molecule has 0 bridgehead atoms. The summed E-state index contributed by atoms with van der Waals surface area (Å²) in [6.45, 7) is 4.47. The van der Waals surface area contributed by atoms with E-state index < -0.39 is 11.6 Å². The summed E-state index contributed by atoms with van der Waals surface area (Å²) in [4.78, 5) is 0. The molecule has 0 saturated heterocycles. The number of hydrogen-bond donors (Lipinski definition) is 0. The molecule has 0 radical (unpaired) electrons. The highest BCUT2D eigenvalue weighted by Crippen LogP contribution is 2.36. The Labute approximate surface area is 218 Å². The van der Waals surface area contributed by atoms with Crippen LogP contribution in [0.15, 0.2) is 54.6 Å². The van der Waals surface area contributed by atoms with Crippen molar-refractivity contribution in [3.05, 3.63) is 88.7 Å². The van der Waals surface area contributed by atoms with Gasteiger partial charge in [-0.3, -0.25) is 0 Å². The van der Waals surface area contributed by atoms with Crippen LogP contribution in [0.3, 0.4) is 0 Å². The minimum absolute atomic E-state index is 0.0221. The lowest BCUT2D eigenvalue weighted by atomic mass is 9.82. The molecule has 5 heteroatoms. The zero-order chi connectivity index (χ0) is 26.2. The van der Waals surface area contributed by atoms with E-state index in [1.165, 1.54) is 18.4 Å². The van der Waals surface area contributed by atoms with Crippen LogP contribution in [-0.2, 0) is 17.8 Å². The van der Waals surface area contributed by atoms with Crippen molar-refractivity contribution in [3.8, 4) is 16.9 Å². The van der Waals surface area contributed by atoms with Crippen molar-refractivity contribution in [2.24, 2.45) is 0 Å². The number of unbranched alkanes of at least 4 members (excludes halogenated alkanes) is 2. The third-order valence-electron chi connectivity index (χ3n) is 7.37. The Morgan fingerprint density at radius 1 is 0.811 bits per heavy atom. The highest BCUT2D eigenvalue weighted by molar-refractivity contribution is 5.65. The number of hydrogen-bond acceptors (Lipinski definition) is 2. The van der Waals surface area contributed by atoms with Gasteiger partial charge in [-0.15, -0.1) is 0 Å². The highest BCUT2D eigenvalue weighted by Gasteiger charge is 2.24. The van der Waals surface area contributed by atoms with Gasteiger partial charge in [-0.2, -0.15) is 0 Å². The molecule has 198 valence electrons. The van der Waals surface area contributed by atoms with Gasteiger partial charge in [-0.05, 0) is 80.2 Å². The van der Waals surface area contributed by atoms with E-state index in [-0.39, 0.29) is 41.3 Å². The maximum absolute atomic E-state index is 14.9. The SMILES string of the molecule is CCCCCc1ccc(-c2ccc(COC3CCC(c4ccc(OCC)c(F)c4)CC3)c(F)c2F)cc1. The molecule has 3 aromatic carbocycles. The Morgan fingerprint density at radius 3 is 2.24 bits per heavy atom. The van der Waals surface area contributed by atoms with E-state index in [1.54, 1.807) is 24.3 Å². The molecule has 0 N–H and O–H groups in total. The van der Waals surface area contributed by atoms with Crippen LogP contribution in [0.5, 0.6) is 5.75 Å². The summed E-state index contributed by atoms with van der Waals surface area (Å²) in [6, 6.07) is 16.2. The molecule has 0 heterocycles. The van der Waals surface area contributed by atoms with Crippen molar-refractivity contribution in [1.29, 1.82) is 0 Å². The minimum atomic E-state index is -0.844. The van der Waals surface area contributed by atoms with Gasteiger partial charge in [0, 0.05) is 11.1 Å². The van der Waals surface area contributed by atoms with Crippen molar-refractivity contribution in [2.45, 2.75) is 83.8 Å². The molecule has 0 atom stereocenters. The average molecular weight is 511 g/mol. The van der Waals surface area contributed by atoms with Crippen molar-refractivity contribution >= 4 is 0 Å². The molecular weight excluding hydrogens is 473 g/mol. The second-order valence-electron chi connectivity index (χ2n) is 9.96. The van der Waals surface area contributed by atoms with Gasteiger partial charge in [0.15, 0.2) is 23.2 Å². The Morgan fingerprint density at radius 2 is 1.57 bits per heavy atom. The van der Waals surface area contributed by atoms with E-state index in [9.17, 15) is 13.2 Å². The first kappa shape index (κ1) is 27.3. The molecule has 2 nitrogen and oxygen atoms in total. The predicted molar refractivity (Wildman–Crippen MR) is 142 cm³/mol. The zero-order valence-electron chi connectivity index (χ0n) is 21.9. The second kappa shape index (κ2) is 13.1. The summed E-state index contributed by atoms with van der Waals surface area (Å²) in [5.41, 5.74) is 3.35. The summed E-state index contributed by atoms with van der Waals surface area (Å²) in [5.74, 6) is -1.47. The van der Waals surface area contributed by atoms with Gasteiger partial charge in [0.2, 0.25) is 0 Å². The van der Waals surface area contributed by atoms with Crippen molar-refractivity contribution < 1.29 is 22.6 Å². The van der Waals surface area contributed by atoms with Gasteiger partial charge < -0.3 is 9.47 Å².